The van der Waals surface area contributed by atoms with E-state index in [9.17, 15) is 4.79 Å². The van der Waals surface area contributed by atoms with Gasteiger partial charge in [0.15, 0.2) is 0 Å². The Hall–Kier alpha value is -1.77. The standard InChI is InChI=1S/C18H26N2O/c1-18(2,3)15-10-12-20(13-11-15)17(21)9-6-14-4-7-16(19)8-5-14/h4-5,7-8,10H,6,9,11-13,19H2,1-3H3. The van der Waals surface area contributed by atoms with Gasteiger partial charge in [-0.05, 0) is 36.0 Å². The molecular formula is C18H26N2O. The lowest BCUT2D eigenvalue weighted by atomic mass is 9.83. The second-order valence-corrected chi connectivity index (χ2v) is 6.81. The number of hydrogen-bond donors (Lipinski definition) is 1. The summed E-state index contributed by atoms with van der Waals surface area (Å²) < 4.78 is 0. The highest BCUT2D eigenvalue weighted by atomic mass is 16.2. The Labute approximate surface area is 127 Å². The summed E-state index contributed by atoms with van der Waals surface area (Å²) in [7, 11) is 0. The number of nitrogens with two attached hydrogens (primary N) is 1. The number of carbonyl (C=O) groups is 1. The minimum absolute atomic E-state index is 0.221. The minimum Gasteiger partial charge on any atom is -0.399 e. The van der Waals surface area contributed by atoms with Crippen LogP contribution in [0.2, 0.25) is 0 Å². The fraction of sp³-hybridized carbons (Fsp3) is 0.500. The highest BCUT2D eigenvalue weighted by Crippen LogP contribution is 2.30. The van der Waals surface area contributed by atoms with Crippen molar-refractivity contribution < 1.29 is 4.79 Å². The van der Waals surface area contributed by atoms with Crippen LogP contribution >= 0.6 is 0 Å². The molecule has 0 saturated heterocycles. The summed E-state index contributed by atoms with van der Waals surface area (Å²) in [6.45, 7) is 8.31. The first-order chi connectivity index (χ1) is 9.86. The van der Waals surface area contributed by atoms with Gasteiger partial charge in [-0.1, -0.05) is 44.6 Å². The van der Waals surface area contributed by atoms with E-state index in [1.807, 2.05) is 29.2 Å². The van der Waals surface area contributed by atoms with Crippen molar-refractivity contribution in [2.24, 2.45) is 5.41 Å². The lowest BCUT2D eigenvalue weighted by molar-refractivity contribution is -0.130. The van der Waals surface area contributed by atoms with Crippen LogP contribution in [0.4, 0.5) is 5.69 Å². The van der Waals surface area contributed by atoms with Crippen molar-refractivity contribution in [1.82, 2.24) is 4.90 Å². The molecule has 0 spiro atoms. The molecule has 1 amide bonds. The van der Waals surface area contributed by atoms with E-state index in [0.717, 1.165) is 31.6 Å². The molecule has 1 aliphatic heterocycles. The van der Waals surface area contributed by atoms with Crippen LogP contribution in [0, 0.1) is 5.41 Å². The van der Waals surface area contributed by atoms with Crippen LogP contribution in [0.25, 0.3) is 0 Å². The summed E-state index contributed by atoms with van der Waals surface area (Å²) >= 11 is 0. The van der Waals surface area contributed by atoms with Crippen LogP contribution in [-0.4, -0.2) is 23.9 Å². The molecule has 114 valence electrons. The highest BCUT2D eigenvalue weighted by Gasteiger charge is 2.23. The Morgan fingerprint density at radius 2 is 1.90 bits per heavy atom. The largest absolute Gasteiger partial charge is 0.399 e. The van der Waals surface area contributed by atoms with Gasteiger partial charge in [0.25, 0.3) is 0 Å². The number of nitrogens with zero attached hydrogens (tertiary/aromatic N) is 1. The Morgan fingerprint density at radius 1 is 1.24 bits per heavy atom. The van der Waals surface area contributed by atoms with Crippen molar-refractivity contribution in [3.8, 4) is 0 Å². The van der Waals surface area contributed by atoms with E-state index >= 15 is 0 Å². The van der Waals surface area contributed by atoms with Crippen molar-refractivity contribution >= 4 is 11.6 Å². The van der Waals surface area contributed by atoms with Gasteiger partial charge < -0.3 is 10.6 Å². The van der Waals surface area contributed by atoms with Gasteiger partial charge in [-0.15, -0.1) is 0 Å². The zero-order valence-electron chi connectivity index (χ0n) is 13.4. The van der Waals surface area contributed by atoms with E-state index in [4.69, 9.17) is 5.73 Å². The van der Waals surface area contributed by atoms with Crippen LogP contribution in [-0.2, 0) is 11.2 Å². The second-order valence-electron chi connectivity index (χ2n) is 6.81. The average molecular weight is 286 g/mol. The molecule has 2 N–H and O–H groups in total. The monoisotopic (exact) mass is 286 g/mol. The van der Waals surface area contributed by atoms with Crippen molar-refractivity contribution in [3.63, 3.8) is 0 Å². The predicted molar refractivity (Wildman–Crippen MR) is 87.9 cm³/mol. The van der Waals surface area contributed by atoms with Gasteiger partial charge in [-0.3, -0.25) is 4.79 Å². The number of benzene rings is 1. The third kappa shape index (κ3) is 4.35. The molecule has 21 heavy (non-hydrogen) atoms. The first-order valence-corrected chi connectivity index (χ1v) is 7.68. The van der Waals surface area contributed by atoms with E-state index in [2.05, 4.69) is 26.8 Å². The number of aryl methyl sites for hydroxylation is 1. The van der Waals surface area contributed by atoms with Crippen LogP contribution in [0.1, 0.15) is 39.2 Å². The van der Waals surface area contributed by atoms with Crippen LogP contribution in [0.5, 0.6) is 0 Å². The summed E-state index contributed by atoms with van der Waals surface area (Å²) in [5.74, 6) is 0.246. The van der Waals surface area contributed by atoms with Crippen molar-refractivity contribution in [1.29, 1.82) is 0 Å². The lowest BCUT2D eigenvalue weighted by Crippen LogP contribution is -2.36. The summed E-state index contributed by atoms with van der Waals surface area (Å²) in [6.07, 6.45) is 4.58. The molecule has 0 unspecified atom stereocenters. The molecule has 0 saturated carbocycles. The molecule has 0 atom stereocenters. The molecule has 1 aliphatic rings. The lowest BCUT2D eigenvalue weighted by Gasteiger charge is -2.32. The molecule has 0 radical (unpaired) electrons. The Bertz CT molecular complexity index is 523. The molecular weight excluding hydrogens is 260 g/mol. The minimum atomic E-state index is 0.221. The first kappa shape index (κ1) is 15.6. The zero-order valence-corrected chi connectivity index (χ0v) is 13.4. The number of hydrogen-bond acceptors (Lipinski definition) is 2. The SMILES string of the molecule is CC(C)(C)C1=CCN(C(=O)CCc2ccc(N)cc2)CC1. The molecule has 0 aliphatic carbocycles. The molecule has 1 heterocycles. The first-order valence-electron chi connectivity index (χ1n) is 7.68. The third-order valence-corrected chi connectivity index (χ3v) is 4.13. The van der Waals surface area contributed by atoms with Crippen molar-refractivity contribution in [3.05, 3.63) is 41.5 Å². The van der Waals surface area contributed by atoms with E-state index in [-0.39, 0.29) is 11.3 Å². The molecule has 0 fully saturated rings. The molecule has 0 bridgehead atoms. The van der Waals surface area contributed by atoms with E-state index in [1.54, 1.807) is 0 Å². The van der Waals surface area contributed by atoms with Gasteiger partial charge in [0.1, 0.15) is 0 Å². The molecule has 1 aromatic carbocycles. The molecule has 1 aromatic rings. The predicted octanol–water partition coefficient (Wildman–Crippen LogP) is 3.41. The summed E-state index contributed by atoms with van der Waals surface area (Å²) in [6, 6.07) is 7.77. The van der Waals surface area contributed by atoms with Gasteiger partial charge in [0.05, 0.1) is 0 Å². The maximum Gasteiger partial charge on any atom is 0.223 e. The summed E-state index contributed by atoms with van der Waals surface area (Å²) in [5.41, 5.74) is 9.28. The van der Waals surface area contributed by atoms with E-state index in [0.29, 0.717) is 6.42 Å². The highest BCUT2D eigenvalue weighted by molar-refractivity contribution is 5.76. The molecule has 3 heteroatoms. The van der Waals surface area contributed by atoms with Crippen LogP contribution < -0.4 is 5.73 Å². The second kappa shape index (κ2) is 6.33. The number of anilines is 1. The smallest absolute Gasteiger partial charge is 0.223 e. The van der Waals surface area contributed by atoms with Crippen molar-refractivity contribution in [2.75, 3.05) is 18.8 Å². The average Bonchev–Trinajstić information content (AvgIpc) is 2.45. The fourth-order valence-corrected chi connectivity index (χ4v) is 2.67. The Morgan fingerprint density at radius 3 is 2.43 bits per heavy atom. The zero-order chi connectivity index (χ0) is 15.5. The van der Waals surface area contributed by atoms with Gasteiger partial charge in [-0.2, -0.15) is 0 Å². The number of rotatable bonds is 3. The Kier molecular flexibility index (Phi) is 4.71. The van der Waals surface area contributed by atoms with E-state index < -0.39 is 0 Å². The van der Waals surface area contributed by atoms with E-state index in [1.165, 1.54) is 11.1 Å². The molecule has 0 aromatic heterocycles. The van der Waals surface area contributed by atoms with Crippen LogP contribution in [0.15, 0.2) is 35.9 Å². The number of carbonyl (C=O) groups excluding carboxylic acids is 1. The maximum absolute atomic E-state index is 12.3. The van der Waals surface area contributed by atoms with Crippen molar-refractivity contribution in [2.45, 2.75) is 40.0 Å². The number of amides is 1. The molecule has 2 rings (SSSR count). The van der Waals surface area contributed by atoms with Gasteiger partial charge >= 0.3 is 0 Å². The van der Waals surface area contributed by atoms with Gasteiger partial charge in [0, 0.05) is 25.2 Å². The third-order valence-electron chi connectivity index (χ3n) is 4.13. The van der Waals surface area contributed by atoms with Crippen LogP contribution in [0.3, 0.4) is 0 Å². The Balaban J connectivity index is 1.85. The van der Waals surface area contributed by atoms with Gasteiger partial charge in [0.2, 0.25) is 5.91 Å². The normalized spacial score (nSPS) is 15.8. The topological polar surface area (TPSA) is 46.3 Å². The van der Waals surface area contributed by atoms with Gasteiger partial charge in [-0.25, -0.2) is 0 Å². The quantitative estimate of drug-likeness (QED) is 0.683. The summed E-state index contributed by atoms with van der Waals surface area (Å²) in [5, 5.41) is 0. The fourth-order valence-electron chi connectivity index (χ4n) is 2.67. The maximum atomic E-state index is 12.3. The molecule has 3 nitrogen and oxygen atoms in total. The summed E-state index contributed by atoms with van der Waals surface area (Å²) in [4.78, 5) is 14.2. The number of nitrogen functional groups attached to an aromatic ring is 1.